The minimum atomic E-state index is -0.770. The lowest BCUT2D eigenvalue weighted by Gasteiger charge is -2.36. The van der Waals surface area contributed by atoms with E-state index in [0.29, 0.717) is 13.0 Å². The number of carbonyl (C=O) groups excluding carboxylic acids is 1. The van der Waals surface area contributed by atoms with Crippen LogP contribution in [0.25, 0.3) is 0 Å². The van der Waals surface area contributed by atoms with Crippen molar-refractivity contribution in [2.75, 3.05) is 33.2 Å². The van der Waals surface area contributed by atoms with E-state index in [1.165, 1.54) is 0 Å². The van der Waals surface area contributed by atoms with Crippen LogP contribution in [-0.4, -0.2) is 60.0 Å². The number of hydrogen-bond donors (Lipinski definition) is 1. The maximum atomic E-state index is 12.4. The summed E-state index contributed by atoms with van der Waals surface area (Å²) in [5.74, 6) is -0.916. The Morgan fingerprint density at radius 1 is 1.06 bits per heavy atom. The number of nitrogens with zero attached hydrogens (tertiary/aromatic N) is 2. The van der Waals surface area contributed by atoms with E-state index in [-0.39, 0.29) is 17.7 Å². The second-order valence-electron chi connectivity index (χ2n) is 5.56. The van der Waals surface area contributed by atoms with E-state index in [0.717, 1.165) is 38.9 Å². The van der Waals surface area contributed by atoms with Crippen LogP contribution in [0, 0.1) is 11.8 Å². The van der Waals surface area contributed by atoms with E-state index < -0.39 is 5.97 Å². The highest BCUT2D eigenvalue weighted by atomic mass is 16.4. The molecule has 18 heavy (non-hydrogen) atoms. The van der Waals surface area contributed by atoms with Crippen molar-refractivity contribution in [1.29, 1.82) is 0 Å². The van der Waals surface area contributed by atoms with Crippen LogP contribution < -0.4 is 0 Å². The monoisotopic (exact) mass is 254 g/mol. The average Bonchev–Trinajstić information content (AvgIpc) is 2.38. The van der Waals surface area contributed by atoms with Gasteiger partial charge in [-0.2, -0.15) is 0 Å². The molecule has 2 heterocycles. The minimum absolute atomic E-state index is 0.0660. The molecule has 0 bridgehead atoms. The number of piperidine rings is 2. The van der Waals surface area contributed by atoms with Gasteiger partial charge >= 0.3 is 5.97 Å². The van der Waals surface area contributed by atoms with Gasteiger partial charge in [0.15, 0.2) is 0 Å². The van der Waals surface area contributed by atoms with Crippen molar-refractivity contribution in [3.63, 3.8) is 0 Å². The van der Waals surface area contributed by atoms with E-state index in [1.54, 1.807) is 4.90 Å². The van der Waals surface area contributed by atoms with Crippen molar-refractivity contribution in [2.45, 2.75) is 25.7 Å². The van der Waals surface area contributed by atoms with Gasteiger partial charge in [-0.15, -0.1) is 0 Å². The summed E-state index contributed by atoms with van der Waals surface area (Å²) in [5.41, 5.74) is 0. The second-order valence-corrected chi connectivity index (χ2v) is 5.56. The zero-order valence-corrected chi connectivity index (χ0v) is 11.0. The van der Waals surface area contributed by atoms with Crippen LogP contribution in [0.1, 0.15) is 25.7 Å². The molecule has 0 spiro atoms. The van der Waals surface area contributed by atoms with Gasteiger partial charge in [-0.25, -0.2) is 0 Å². The number of aliphatic carboxylic acids is 1. The molecule has 2 atom stereocenters. The standard InChI is InChI=1S/C13H22N2O3/c1-14-6-2-4-10(8-14)12(16)15-7-3-5-11(9-15)13(17)18/h10-11H,2-9H2,1H3,(H,17,18)/t10-,11?/m1/s1. The molecule has 0 saturated carbocycles. The topological polar surface area (TPSA) is 60.9 Å². The van der Waals surface area contributed by atoms with Crippen molar-refractivity contribution in [3.05, 3.63) is 0 Å². The Balaban J connectivity index is 1.93. The van der Waals surface area contributed by atoms with Gasteiger partial charge < -0.3 is 14.9 Å². The molecule has 5 nitrogen and oxygen atoms in total. The van der Waals surface area contributed by atoms with E-state index >= 15 is 0 Å². The molecule has 102 valence electrons. The summed E-state index contributed by atoms with van der Waals surface area (Å²) in [6.07, 6.45) is 3.51. The molecule has 1 N–H and O–H groups in total. The number of carboxylic acid groups (broad SMARTS) is 1. The predicted octanol–water partition coefficient (Wildman–Crippen LogP) is 0.651. The van der Waals surface area contributed by atoms with Crippen LogP contribution >= 0.6 is 0 Å². The summed E-state index contributed by atoms with van der Waals surface area (Å²) in [6.45, 7) is 2.99. The van der Waals surface area contributed by atoms with Crippen LogP contribution in [-0.2, 0) is 9.59 Å². The fourth-order valence-electron chi connectivity index (χ4n) is 3.01. The number of carboxylic acids is 1. The third-order valence-corrected chi connectivity index (χ3v) is 4.06. The van der Waals surface area contributed by atoms with Gasteiger partial charge in [0.05, 0.1) is 11.8 Å². The molecule has 0 radical (unpaired) electrons. The minimum Gasteiger partial charge on any atom is -0.481 e. The van der Waals surface area contributed by atoms with Crippen LogP contribution in [0.5, 0.6) is 0 Å². The molecule has 0 aromatic heterocycles. The first-order chi connectivity index (χ1) is 8.58. The number of amides is 1. The lowest BCUT2D eigenvalue weighted by molar-refractivity contribution is -0.147. The van der Waals surface area contributed by atoms with Crippen molar-refractivity contribution in [2.24, 2.45) is 11.8 Å². The van der Waals surface area contributed by atoms with Crippen LogP contribution in [0.2, 0.25) is 0 Å². The fourth-order valence-corrected chi connectivity index (χ4v) is 3.01. The number of likely N-dealkylation sites (tertiary alicyclic amines) is 2. The molecular weight excluding hydrogens is 232 g/mol. The Hall–Kier alpha value is -1.10. The second kappa shape index (κ2) is 5.69. The number of hydrogen-bond acceptors (Lipinski definition) is 3. The normalized spacial score (nSPS) is 30.2. The molecule has 2 rings (SSSR count). The quantitative estimate of drug-likeness (QED) is 0.786. The highest BCUT2D eigenvalue weighted by Crippen LogP contribution is 2.22. The highest BCUT2D eigenvalue weighted by Gasteiger charge is 2.33. The molecule has 2 aliphatic rings. The Bertz CT molecular complexity index is 332. The zero-order chi connectivity index (χ0) is 13.1. The number of rotatable bonds is 2. The summed E-state index contributed by atoms with van der Waals surface area (Å²) >= 11 is 0. The molecule has 1 unspecified atom stereocenters. The molecule has 2 aliphatic heterocycles. The lowest BCUT2D eigenvalue weighted by Crippen LogP contribution is -2.48. The van der Waals surface area contributed by atoms with Gasteiger partial charge in [0.25, 0.3) is 0 Å². The Morgan fingerprint density at radius 2 is 1.72 bits per heavy atom. The van der Waals surface area contributed by atoms with Crippen molar-refractivity contribution < 1.29 is 14.7 Å². The number of carbonyl (C=O) groups is 2. The van der Waals surface area contributed by atoms with Crippen molar-refractivity contribution >= 4 is 11.9 Å². The van der Waals surface area contributed by atoms with Crippen LogP contribution in [0.4, 0.5) is 0 Å². The van der Waals surface area contributed by atoms with E-state index in [1.807, 2.05) is 7.05 Å². The molecule has 0 aromatic rings. The Kier molecular flexibility index (Phi) is 4.22. The van der Waals surface area contributed by atoms with Crippen molar-refractivity contribution in [1.82, 2.24) is 9.80 Å². The van der Waals surface area contributed by atoms with Gasteiger partial charge in [0, 0.05) is 19.6 Å². The van der Waals surface area contributed by atoms with E-state index in [4.69, 9.17) is 5.11 Å². The molecule has 2 fully saturated rings. The zero-order valence-electron chi connectivity index (χ0n) is 11.0. The first kappa shape index (κ1) is 13.3. The van der Waals surface area contributed by atoms with Gasteiger partial charge in [-0.3, -0.25) is 9.59 Å². The predicted molar refractivity (Wildman–Crippen MR) is 67.2 cm³/mol. The first-order valence-corrected chi connectivity index (χ1v) is 6.78. The maximum absolute atomic E-state index is 12.4. The Morgan fingerprint density at radius 3 is 2.39 bits per heavy atom. The molecule has 0 aromatic carbocycles. The van der Waals surface area contributed by atoms with Gasteiger partial charge in [0.2, 0.25) is 5.91 Å². The maximum Gasteiger partial charge on any atom is 0.308 e. The molecular formula is C13H22N2O3. The fraction of sp³-hybridized carbons (Fsp3) is 0.846. The molecule has 0 aliphatic carbocycles. The van der Waals surface area contributed by atoms with Gasteiger partial charge in [-0.05, 0) is 39.3 Å². The third kappa shape index (κ3) is 3.02. The summed E-state index contributed by atoms with van der Waals surface area (Å²) in [5, 5.41) is 9.04. The third-order valence-electron chi connectivity index (χ3n) is 4.06. The SMILES string of the molecule is CN1CCC[C@@H](C(=O)N2CCCC(C(=O)O)C2)C1. The van der Waals surface area contributed by atoms with Crippen LogP contribution in [0.15, 0.2) is 0 Å². The summed E-state index contributed by atoms with van der Waals surface area (Å²) < 4.78 is 0. The smallest absolute Gasteiger partial charge is 0.308 e. The van der Waals surface area contributed by atoms with Crippen molar-refractivity contribution in [3.8, 4) is 0 Å². The largest absolute Gasteiger partial charge is 0.481 e. The average molecular weight is 254 g/mol. The first-order valence-electron chi connectivity index (χ1n) is 6.78. The highest BCUT2D eigenvalue weighted by molar-refractivity contribution is 5.80. The summed E-state index contributed by atoms with van der Waals surface area (Å²) in [6, 6.07) is 0. The van der Waals surface area contributed by atoms with E-state index in [2.05, 4.69) is 4.90 Å². The lowest BCUT2D eigenvalue weighted by atomic mass is 9.93. The van der Waals surface area contributed by atoms with Gasteiger partial charge in [-0.1, -0.05) is 0 Å². The molecule has 2 saturated heterocycles. The molecule has 5 heteroatoms. The summed E-state index contributed by atoms with van der Waals surface area (Å²) in [7, 11) is 2.04. The van der Waals surface area contributed by atoms with E-state index in [9.17, 15) is 9.59 Å². The van der Waals surface area contributed by atoms with Crippen LogP contribution in [0.3, 0.4) is 0 Å². The van der Waals surface area contributed by atoms with Gasteiger partial charge in [0.1, 0.15) is 0 Å². The summed E-state index contributed by atoms with van der Waals surface area (Å²) in [4.78, 5) is 27.3. The Labute approximate surface area is 108 Å². The molecule has 1 amide bonds.